The number of benzene rings is 1. The first kappa shape index (κ1) is 20.1. The summed E-state index contributed by atoms with van der Waals surface area (Å²) < 4.78 is 33.5. The Morgan fingerprint density at radius 1 is 1.36 bits per heavy atom. The second kappa shape index (κ2) is 8.18. The lowest BCUT2D eigenvalue weighted by molar-refractivity contribution is 0.0838. The van der Waals surface area contributed by atoms with Crippen LogP contribution in [0.1, 0.15) is 42.8 Å². The summed E-state index contributed by atoms with van der Waals surface area (Å²) in [5.74, 6) is -0.262. The second-order valence-electron chi connectivity index (χ2n) is 7.13. The quantitative estimate of drug-likeness (QED) is 0.864. The summed E-state index contributed by atoms with van der Waals surface area (Å²) in [6.07, 6.45) is 1.91. The molecule has 1 saturated heterocycles. The number of nitrogens with zero attached hydrogens (tertiary/aromatic N) is 3. The molecule has 150 valence electrons. The molecule has 2 heterocycles. The van der Waals surface area contributed by atoms with Gasteiger partial charge in [0.05, 0.1) is 12.3 Å². The molecule has 1 aliphatic rings. The highest BCUT2D eigenvalue weighted by Crippen LogP contribution is 2.35. The zero-order valence-corrected chi connectivity index (χ0v) is 15.9. The highest BCUT2D eigenvalue weighted by molar-refractivity contribution is 5.70. The monoisotopic (exact) mass is 391 g/mol. The largest absolute Gasteiger partial charge is 0.415 e. The minimum atomic E-state index is -1.94. The average molecular weight is 391 g/mol. The number of hydrogen-bond donors (Lipinski definition) is 1. The fourth-order valence-corrected chi connectivity index (χ4v) is 3.31. The molecule has 1 amide bonds. The van der Waals surface area contributed by atoms with Crippen LogP contribution in [0, 0.1) is 12.7 Å². The molecule has 1 atom stereocenters. The van der Waals surface area contributed by atoms with E-state index >= 15 is 0 Å². The Kier molecular flexibility index (Phi) is 5.88. The van der Waals surface area contributed by atoms with E-state index in [9.17, 15) is 18.7 Å². The van der Waals surface area contributed by atoms with Gasteiger partial charge < -0.3 is 14.7 Å². The number of aryl methyl sites for hydroxylation is 1. The summed E-state index contributed by atoms with van der Waals surface area (Å²) in [4.78, 5) is 22.3. The number of aliphatic hydroxyl groups is 1. The van der Waals surface area contributed by atoms with Gasteiger partial charge in [0.15, 0.2) is 17.2 Å². The third-order valence-corrected chi connectivity index (χ3v) is 4.97. The first-order valence-corrected chi connectivity index (χ1v) is 9.17. The molecule has 8 heteroatoms. The van der Waals surface area contributed by atoms with Gasteiger partial charge >= 0.3 is 6.09 Å². The van der Waals surface area contributed by atoms with Crippen LogP contribution >= 0.6 is 0 Å². The van der Waals surface area contributed by atoms with Crippen LogP contribution in [0.5, 0.6) is 5.75 Å². The number of para-hydroxylation sites is 1. The first-order valence-electron chi connectivity index (χ1n) is 9.17. The maximum absolute atomic E-state index is 14.7. The van der Waals surface area contributed by atoms with Gasteiger partial charge in [0, 0.05) is 30.8 Å². The SMILES string of the molecule is Cc1ncc(C(C)(F)CO)c(C2CCN(C(=O)Oc3ccccc3F)CC2)n1. The number of halogens is 2. The molecule has 0 saturated carbocycles. The molecule has 28 heavy (non-hydrogen) atoms. The number of likely N-dealkylation sites (tertiary alicyclic amines) is 1. The lowest BCUT2D eigenvalue weighted by Crippen LogP contribution is -2.40. The Hall–Kier alpha value is -2.61. The molecule has 2 aromatic rings. The Morgan fingerprint density at radius 2 is 2.04 bits per heavy atom. The topological polar surface area (TPSA) is 75.6 Å². The average Bonchev–Trinajstić information content (AvgIpc) is 2.69. The fourth-order valence-electron chi connectivity index (χ4n) is 3.31. The van der Waals surface area contributed by atoms with Crippen LogP contribution in [0.2, 0.25) is 0 Å². The van der Waals surface area contributed by atoms with E-state index in [2.05, 4.69) is 9.97 Å². The molecular formula is C20H23F2N3O3. The number of aliphatic hydroxyl groups excluding tert-OH is 1. The van der Waals surface area contributed by atoms with E-state index in [0.29, 0.717) is 37.4 Å². The van der Waals surface area contributed by atoms with Gasteiger partial charge in [0.1, 0.15) is 5.82 Å². The summed E-state index contributed by atoms with van der Waals surface area (Å²) in [6.45, 7) is 3.11. The van der Waals surface area contributed by atoms with Crippen LogP contribution in [0.4, 0.5) is 13.6 Å². The summed E-state index contributed by atoms with van der Waals surface area (Å²) >= 11 is 0. The standard InChI is InChI=1S/C20H23F2N3O3/c1-13-23-11-15(20(2,22)12-26)18(24-13)14-7-9-25(10-8-14)19(27)28-17-6-4-3-5-16(17)21/h3-6,11,14,26H,7-10,12H2,1-2H3. The molecule has 0 spiro atoms. The van der Waals surface area contributed by atoms with E-state index in [1.165, 1.54) is 36.2 Å². The van der Waals surface area contributed by atoms with Crippen molar-refractivity contribution in [1.29, 1.82) is 0 Å². The molecule has 1 aromatic heterocycles. The minimum absolute atomic E-state index is 0.0733. The van der Waals surface area contributed by atoms with Crippen molar-refractivity contribution in [2.45, 2.75) is 38.3 Å². The normalized spacial score (nSPS) is 17.2. The van der Waals surface area contributed by atoms with Crippen molar-refractivity contribution in [3.63, 3.8) is 0 Å². The highest BCUT2D eigenvalue weighted by Gasteiger charge is 2.34. The Balaban J connectivity index is 1.70. The van der Waals surface area contributed by atoms with Gasteiger partial charge in [-0.2, -0.15) is 0 Å². The zero-order valence-electron chi connectivity index (χ0n) is 15.9. The van der Waals surface area contributed by atoms with Crippen molar-refractivity contribution >= 4 is 6.09 Å². The molecule has 0 aliphatic carbocycles. The van der Waals surface area contributed by atoms with Gasteiger partial charge in [0.2, 0.25) is 0 Å². The van der Waals surface area contributed by atoms with Gasteiger partial charge in [-0.05, 0) is 38.8 Å². The lowest BCUT2D eigenvalue weighted by Gasteiger charge is -2.33. The molecule has 1 unspecified atom stereocenters. The Labute approximate surface area is 162 Å². The molecule has 0 bridgehead atoms. The highest BCUT2D eigenvalue weighted by atomic mass is 19.1. The lowest BCUT2D eigenvalue weighted by atomic mass is 9.86. The molecule has 1 aromatic carbocycles. The predicted octanol–water partition coefficient (Wildman–Crippen LogP) is 3.48. The number of rotatable bonds is 4. The number of amides is 1. The smallest absolute Gasteiger partial charge is 0.407 e. The number of piperidine rings is 1. The van der Waals surface area contributed by atoms with Crippen molar-refractivity contribution in [3.05, 3.63) is 53.4 Å². The number of ether oxygens (including phenoxy) is 1. The minimum Gasteiger partial charge on any atom is -0.407 e. The van der Waals surface area contributed by atoms with E-state index < -0.39 is 24.2 Å². The third kappa shape index (κ3) is 4.27. The maximum Gasteiger partial charge on any atom is 0.415 e. The summed E-state index contributed by atoms with van der Waals surface area (Å²) in [5, 5.41) is 9.39. The van der Waals surface area contributed by atoms with Gasteiger partial charge in [-0.25, -0.2) is 23.5 Å². The van der Waals surface area contributed by atoms with Crippen LogP contribution < -0.4 is 4.74 Å². The molecule has 1 aliphatic heterocycles. The van der Waals surface area contributed by atoms with Crippen molar-refractivity contribution in [2.75, 3.05) is 19.7 Å². The molecule has 6 nitrogen and oxygen atoms in total. The Bertz CT molecular complexity index is 852. The summed E-state index contributed by atoms with van der Waals surface area (Å²) in [6, 6.07) is 5.73. The molecule has 1 fully saturated rings. The van der Waals surface area contributed by atoms with Crippen molar-refractivity contribution in [2.24, 2.45) is 0 Å². The van der Waals surface area contributed by atoms with Gasteiger partial charge in [-0.1, -0.05) is 12.1 Å². The summed E-state index contributed by atoms with van der Waals surface area (Å²) in [7, 11) is 0. The molecule has 1 N–H and O–H groups in total. The third-order valence-electron chi connectivity index (χ3n) is 4.97. The van der Waals surface area contributed by atoms with Gasteiger partial charge in [-0.3, -0.25) is 0 Å². The number of carbonyl (C=O) groups is 1. The van der Waals surface area contributed by atoms with Crippen LogP contribution in [-0.4, -0.2) is 45.8 Å². The van der Waals surface area contributed by atoms with Crippen LogP contribution in [0.3, 0.4) is 0 Å². The van der Waals surface area contributed by atoms with Crippen molar-refractivity contribution in [3.8, 4) is 5.75 Å². The maximum atomic E-state index is 14.7. The molecular weight excluding hydrogens is 368 g/mol. The van der Waals surface area contributed by atoms with E-state index in [1.807, 2.05) is 0 Å². The van der Waals surface area contributed by atoms with Crippen LogP contribution in [0.15, 0.2) is 30.5 Å². The van der Waals surface area contributed by atoms with Gasteiger partial charge in [0.25, 0.3) is 0 Å². The van der Waals surface area contributed by atoms with Crippen molar-refractivity contribution < 1.29 is 23.4 Å². The number of carbonyl (C=O) groups excluding carboxylic acids is 1. The van der Waals surface area contributed by atoms with E-state index in [-0.39, 0.29) is 17.2 Å². The van der Waals surface area contributed by atoms with E-state index in [4.69, 9.17) is 4.74 Å². The predicted molar refractivity (Wildman–Crippen MR) is 98.3 cm³/mol. The zero-order chi connectivity index (χ0) is 20.3. The number of alkyl halides is 1. The van der Waals surface area contributed by atoms with Crippen molar-refractivity contribution in [1.82, 2.24) is 14.9 Å². The molecule has 0 radical (unpaired) electrons. The summed E-state index contributed by atoms with van der Waals surface area (Å²) in [5.41, 5.74) is -1.11. The van der Waals surface area contributed by atoms with Crippen LogP contribution in [0.25, 0.3) is 0 Å². The fraction of sp³-hybridized carbons (Fsp3) is 0.450. The first-order chi connectivity index (χ1) is 13.3. The number of hydrogen-bond acceptors (Lipinski definition) is 5. The van der Waals surface area contributed by atoms with E-state index in [1.54, 1.807) is 13.0 Å². The van der Waals surface area contributed by atoms with Crippen LogP contribution in [-0.2, 0) is 5.67 Å². The number of aromatic nitrogens is 2. The molecule has 3 rings (SSSR count). The Morgan fingerprint density at radius 3 is 2.68 bits per heavy atom. The van der Waals surface area contributed by atoms with E-state index in [0.717, 1.165) is 0 Å². The second-order valence-corrected chi connectivity index (χ2v) is 7.13. The van der Waals surface area contributed by atoms with Gasteiger partial charge in [-0.15, -0.1) is 0 Å².